The third-order valence-electron chi connectivity index (χ3n) is 2.63. The van der Waals surface area contributed by atoms with Gasteiger partial charge in [-0.15, -0.1) is 0 Å². The molecule has 0 radical (unpaired) electrons. The third kappa shape index (κ3) is 5.74. The first-order chi connectivity index (χ1) is 9.52. The predicted octanol–water partition coefficient (Wildman–Crippen LogP) is 4.27. The van der Waals surface area contributed by atoms with Crippen LogP contribution >= 0.6 is 0 Å². The summed E-state index contributed by atoms with van der Waals surface area (Å²) in [6.45, 7) is 8.26. The van der Waals surface area contributed by atoms with E-state index in [1.54, 1.807) is 18.4 Å². The van der Waals surface area contributed by atoms with Crippen molar-refractivity contribution in [2.75, 3.05) is 7.05 Å². The number of hydrogen-bond donors (Lipinski definition) is 0. The summed E-state index contributed by atoms with van der Waals surface area (Å²) in [6.07, 6.45) is 7.30. The van der Waals surface area contributed by atoms with Gasteiger partial charge in [0, 0.05) is 19.3 Å². The van der Waals surface area contributed by atoms with Crippen LogP contribution < -0.4 is 0 Å². The number of hydrogen-bond acceptors (Lipinski definition) is 2. The van der Waals surface area contributed by atoms with Gasteiger partial charge < -0.3 is 9.64 Å². The first kappa shape index (κ1) is 16.0. The van der Waals surface area contributed by atoms with E-state index in [0.29, 0.717) is 6.54 Å². The number of benzene rings is 1. The second-order valence-corrected chi connectivity index (χ2v) is 4.80. The van der Waals surface area contributed by atoms with Crippen molar-refractivity contribution in [1.29, 1.82) is 0 Å². The minimum absolute atomic E-state index is 0.143. The Morgan fingerprint density at radius 2 is 2.20 bits per heavy atom. The van der Waals surface area contributed by atoms with Crippen molar-refractivity contribution in [3.05, 3.63) is 72.4 Å². The van der Waals surface area contributed by atoms with Crippen molar-refractivity contribution < 1.29 is 9.13 Å². The Hall–Kier alpha value is -2.03. The van der Waals surface area contributed by atoms with Gasteiger partial charge in [-0.3, -0.25) is 0 Å². The number of nitrogens with zero attached hydrogens (tertiary/aromatic N) is 1. The fourth-order valence-electron chi connectivity index (χ4n) is 1.70. The summed E-state index contributed by atoms with van der Waals surface area (Å²) in [5, 5.41) is 0. The predicted molar refractivity (Wildman–Crippen MR) is 81.5 cm³/mol. The summed E-state index contributed by atoms with van der Waals surface area (Å²) >= 11 is 0. The van der Waals surface area contributed by atoms with Gasteiger partial charge in [-0.2, -0.15) is 0 Å². The number of halogens is 1. The van der Waals surface area contributed by atoms with Crippen molar-refractivity contribution >= 4 is 0 Å². The quantitative estimate of drug-likeness (QED) is 0.544. The third-order valence-corrected chi connectivity index (χ3v) is 2.63. The van der Waals surface area contributed by atoms with Crippen LogP contribution in [0.4, 0.5) is 4.39 Å². The molecule has 0 atom stereocenters. The van der Waals surface area contributed by atoms with E-state index >= 15 is 0 Å². The molecule has 20 heavy (non-hydrogen) atoms. The second-order valence-electron chi connectivity index (χ2n) is 4.80. The number of ether oxygens (including phenoxy) is 1. The lowest BCUT2D eigenvalue weighted by molar-refractivity contribution is 0.178. The van der Waals surface area contributed by atoms with Crippen molar-refractivity contribution in [2.24, 2.45) is 0 Å². The molecule has 1 aromatic carbocycles. The fraction of sp³-hybridized carbons (Fsp3) is 0.294. The van der Waals surface area contributed by atoms with Gasteiger partial charge in [-0.25, -0.2) is 4.39 Å². The number of likely N-dealkylation sites (N-methyl/N-ethyl adjacent to an activating group) is 1. The van der Waals surface area contributed by atoms with Gasteiger partial charge in [-0.05, 0) is 43.7 Å². The highest BCUT2D eigenvalue weighted by Gasteiger charge is 2.03. The molecule has 3 heteroatoms. The maximum Gasteiger partial charge on any atom is 0.123 e. The molecule has 0 aliphatic heterocycles. The summed E-state index contributed by atoms with van der Waals surface area (Å²) in [5.41, 5.74) is 1.87. The molecule has 2 nitrogen and oxygen atoms in total. The highest BCUT2D eigenvalue weighted by Crippen LogP contribution is 2.12. The average molecular weight is 275 g/mol. The molecule has 0 fully saturated rings. The fourth-order valence-corrected chi connectivity index (χ4v) is 1.70. The molecule has 1 aromatic rings. The SMILES string of the molecule is C=C/C=C(\C=C\OC(C)C)N(C)Cc1cccc(F)c1. The van der Waals surface area contributed by atoms with E-state index in [9.17, 15) is 4.39 Å². The molecular weight excluding hydrogens is 253 g/mol. The minimum Gasteiger partial charge on any atom is -0.499 e. The van der Waals surface area contributed by atoms with E-state index < -0.39 is 0 Å². The topological polar surface area (TPSA) is 12.5 Å². The van der Waals surface area contributed by atoms with Gasteiger partial charge in [0.1, 0.15) is 5.82 Å². The molecule has 108 valence electrons. The Labute approximate surface area is 120 Å². The van der Waals surface area contributed by atoms with E-state index in [1.165, 1.54) is 12.1 Å². The standard InChI is InChI=1S/C17H22FNO/c1-5-7-17(10-11-20-14(2)3)19(4)13-15-8-6-9-16(18)12-15/h5-12,14H,1,13H2,2-4H3/b11-10+,17-7+. The first-order valence-electron chi connectivity index (χ1n) is 6.63. The van der Waals surface area contributed by atoms with Crippen molar-refractivity contribution in [3.8, 4) is 0 Å². The van der Waals surface area contributed by atoms with Crippen LogP contribution in [-0.4, -0.2) is 18.1 Å². The van der Waals surface area contributed by atoms with E-state index in [-0.39, 0.29) is 11.9 Å². The largest absolute Gasteiger partial charge is 0.499 e. The molecule has 0 heterocycles. The van der Waals surface area contributed by atoms with Crippen LogP contribution in [0.1, 0.15) is 19.4 Å². The van der Waals surface area contributed by atoms with Crippen LogP contribution in [0.3, 0.4) is 0 Å². The Kier molecular flexibility index (Phi) is 6.57. The summed E-state index contributed by atoms with van der Waals surface area (Å²) in [4.78, 5) is 2.01. The van der Waals surface area contributed by atoms with Gasteiger partial charge in [0.15, 0.2) is 0 Å². The van der Waals surface area contributed by atoms with E-state index in [0.717, 1.165) is 11.3 Å². The molecule has 0 saturated carbocycles. The maximum absolute atomic E-state index is 13.2. The average Bonchev–Trinajstić information content (AvgIpc) is 2.37. The van der Waals surface area contributed by atoms with Gasteiger partial charge in [-0.1, -0.05) is 24.8 Å². The second kappa shape index (κ2) is 8.20. The van der Waals surface area contributed by atoms with Crippen LogP contribution in [0, 0.1) is 5.82 Å². The first-order valence-corrected chi connectivity index (χ1v) is 6.63. The normalized spacial score (nSPS) is 11.9. The van der Waals surface area contributed by atoms with E-state index in [2.05, 4.69) is 6.58 Å². The number of allylic oxidation sites excluding steroid dienone is 3. The van der Waals surface area contributed by atoms with Crippen LogP contribution in [0.2, 0.25) is 0 Å². The molecule has 0 bridgehead atoms. The van der Waals surface area contributed by atoms with E-state index in [1.807, 2.05) is 44.0 Å². The molecule has 0 N–H and O–H groups in total. The summed E-state index contributed by atoms with van der Waals surface area (Å²) in [6, 6.07) is 6.60. The molecule has 0 aliphatic rings. The van der Waals surface area contributed by atoms with Crippen molar-refractivity contribution in [2.45, 2.75) is 26.5 Å². The van der Waals surface area contributed by atoms with Crippen molar-refractivity contribution in [1.82, 2.24) is 4.90 Å². The van der Waals surface area contributed by atoms with Crippen molar-refractivity contribution in [3.63, 3.8) is 0 Å². The smallest absolute Gasteiger partial charge is 0.123 e. The number of rotatable bonds is 7. The Morgan fingerprint density at radius 1 is 1.45 bits per heavy atom. The molecule has 0 aliphatic carbocycles. The maximum atomic E-state index is 13.2. The zero-order chi connectivity index (χ0) is 15.0. The molecule has 0 saturated heterocycles. The monoisotopic (exact) mass is 275 g/mol. The van der Waals surface area contributed by atoms with Gasteiger partial charge in [0.2, 0.25) is 0 Å². The zero-order valence-corrected chi connectivity index (χ0v) is 12.3. The van der Waals surface area contributed by atoms with Crippen LogP contribution in [0.5, 0.6) is 0 Å². The van der Waals surface area contributed by atoms with Gasteiger partial charge in [0.25, 0.3) is 0 Å². The van der Waals surface area contributed by atoms with Crippen LogP contribution in [0.25, 0.3) is 0 Å². The van der Waals surface area contributed by atoms with Gasteiger partial charge >= 0.3 is 0 Å². The molecule has 0 unspecified atom stereocenters. The summed E-state index contributed by atoms with van der Waals surface area (Å²) in [5.74, 6) is -0.219. The molecular formula is C17H22FNO. The zero-order valence-electron chi connectivity index (χ0n) is 12.3. The highest BCUT2D eigenvalue weighted by molar-refractivity contribution is 5.23. The Morgan fingerprint density at radius 3 is 2.80 bits per heavy atom. The molecule has 1 rings (SSSR count). The Bertz CT molecular complexity index is 492. The lowest BCUT2D eigenvalue weighted by Crippen LogP contribution is -2.16. The van der Waals surface area contributed by atoms with E-state index in [4.69, 9.17) is 4.74 Å². The van der Waals surface area contributed by atoms with Crippen LogP contribution in [-0.2, 0) is 11.3 Å². The molecule has 0 amide bonds. The highest BCUT2D eigenvalue weighted by atomic mass is 19.1. The van der Waals surface area contributed by atoms with Gasteiger partial charge in [0.05, 0.1) is 12.4 Å². The minimum atomic E-state index is -0.219. The molecule has 0 aromatic heterocycles. The summed E-state index contributed by atoms with van der Waals surface area (Å²) in [7, 11) is 1.94. The summed E-state index contributed by atoms with van der Waals surface area (Å²) < 4.78 is 18.6. The lowest BCUT2D eigenvalue weighted by Gasteiger charge is -2.20. The Balaban J connectivity index is 2.74. The van der Waals surface area contributed by atoms with Crippen LogP contribution in [0.15, 0.2) is 61.0 Å². The molecule has 0 spiro atoms. The lowest BCUT2D eigenvalue weighted by atomic mass is 10.2.